The van der Waals surface area contributed by atoms with E-state index < -0.39 is 0 Å². The van der Waals surface area contributed by atoms with Crippen molar-refractivity contribution in [1.82, 2.24) is 9.55 Å². The van der Waals surface area contributed by atoms with Gasteiger partial charge in [0.2, 0.25) is 0 Å². The van der Waals surface area contributed by atoms with Crippen LogP contribution in [0.15, 0.2) is 24.5 Å². The number of nitrogens with zero attached hydrogens (tertiary/aromatic N) is 2. The van der Waals surface area contributed by atoms with Crippen LogP contribution in [0.2, 0.25) is 0 Å². The normalized spacial score (nSPS) is 16.4. The van der Waals surface area contributed by atoms with Gasteiger partial charge in [-0.15, -0.1) is 0 Å². The molecule has 1 saturated carbocycles. The molecule has 1 aromatic carbocycles. The van der Waals surface area contributed by atoms with Gasteiger partial charge in [-0.1, -0.05) is 6.07 Å². The van der Waals surface area contributed by atoms with Gasteiger partial charge in [-0.2, -0.15) is 0 Å². The van der Waals surface area contributed by atoms with E-state index in [1.807, 2.05) is 24.5 Å². The summed E-state index contributed by atoms with van der Waals surface area (Å²) in [4.78, 5) is 4.34. The van der Waals surface area contributed by atoms with Gasteiger partial charge < -0.3 is 9.67 Å². The molecule has 2 aromatic rings. The minimum atomic E-state index is 0.0895. The summed E-state index contributed by atoms with van der Waals surface area (Å²) in [6.45, 7) is 0.0895. The molecule has 1 aromatic heterocycles. The standard InChI is InChI=1S/C11H12N2O/c14-6-8-1-4-11-10(5-8)12-7-13(11)9-2-3-9/h1,4-5,7,9,14H,2-3,6H2. The van der Waals surface area contributed by atoms with E-state index in [1.165, 1.54) is 18.4 Å². The van der Waals surface area contributed by atoms with E-state index in [2.05, 4.69) is 9.55 Å². The number of imidazole rings is 1. The molecule has 1 heterocycles. The number of rotatable bonds is 2. The Morgan fingerprint density at radius 1 is 1.43 bits per heavy atom. The molecule has 3 rings (SSSR count). The van der Waals surface area contributed by atoms with Gasteiger partial charge in [0.15, 0.2) is 0 Å². The van der Waals surface area contributed by atoms with Crippen molar-refractivity contribution in [3.63, 3.8) is 0 Å². The fraction of sp³-hybridized carbons (Fsp3) is 0.364. The first-order chi connectivity index (χ1) is 6.88. The van der Waals surface area contributed by atoms with Crippen LogP contribution in [-0.4, -0.2) is 14.7 Å². The van der Waals surface area contributed by atoms with E-state index in [4.69, 9.17) is 5.11 Å². The van der Waals surface area contributed by atoms with Gasteiger partial charge in [0, 0.05) is 6.04 Å². The molecule has 0 radical (unpaired) electrons. The van der Waals surface area contributed by atoms with Crippen LogP contribution in [0.4, 0.5) is 0 Å². The fourth-order valence-electron chi connectivity index (χ4n) is 1.82. The van der Waals surface area contributed by atoms with Crippen LogP contribution < -0.4 is 0 Å². The Labute approximate surface area is 82.0 Å². The van der Waals surface area contributed by atoms with Crippen molar-refractivity contribution < 1.29 is 5.11 Å². The maximum atomic E-state index is 8.99. The van der Waals surface area contributed by atoms with Gasteiger partial charge in [0.05, 0.1) is 24.0 Å². The minimum absolute atomic E-state index is 0.0895. The number of aliphatic hydroxyl groups excluding tert-OH is 1. The second-order valence-electron chi connectivity index (χ2n) is 3.86. The SMILES string of the molecule is OCc1ccc2c(c1)ncn2C1CC1. The predicted octanol–water partition coefficient (Wildman–Crippen LogP) is 1.86. The lowest BCUT2D eigenvalue weighted by atomic mass is 10.2. The van der Waals surface area contributed by atoms with Crippen molar-refractivity contribution in [2.75, 3.05) is 0 Å². The lowest BCUT2D eigenvalue weighted by Gasteiger charge is -2.00. The summed E-state index contributed by atoms with van der Waals surface area (Å²) in [6, 6.07) is 6.63. The molecule has 1 N–H and O–H groups in total. The Balaban J connectivity index is 2.17. The second-order valence-corrected chi connectivity index (χ2v) is 3.86. The summed E-state index contributed by atoms with van der Waals surface area (Å²) in [5.41, 5.74) is 3.10. The van der Waals surface area contributed by atoms with Gasteiger partial charge in [-0.05, 0) is 30.5 Å². The van der Waals surface area contributed by atoms with E-state index in [0.29, 0.717) is 6.04 Å². The highest BCUT2D eigenvalue weighted by molar-refractivity contribution is 5.76. The van der Waals surface area contributed by atoms with Crippen LogP contribution >= 0.6 is 0 Å². The van der Waals surface area contributed by atoms with Crippen molar-refractivity contribution in [3.8, 4) is 0 Å². The number of aromatic nitrogens is 2. The maximum absolute atomic E-state index is 8.99. The van der Waals surface area contributed by atoms with E-state index in [9.17, 15) is 0 Å². The van der Waals surface area contributed by atoms with Crippen molar-refractivity contribution in [3.05, 3.63) is 30.1 Å². The summed E-state index contributed by atoms with van der Waals surface area (Å²) >= 11 is 0. The third kappa shape index (κ3) is 1.13. The number of fused-ring (bicyclic) bond motifs is 1. The van der Waals surface area contributed by atoms with E-state index >= 15 is 0 Å². The van der Waals surface area contributed by atoms with Crippen molar-refractivity contribution in [2.24, 2.45) is 0 Å². The summed E-state index contributed by atoms with van der Waals surface area (Å²) in [6.07, 6.45) is 4.45. The number of benzene rings is 1. The first-order valence-corrected chi connectivity index (χ1v) is 4.95. The summed E-state index contributed by atoms with van der Waals surface area (Å²) in [7, 11) is 0. The zero-order chi connectivity index (χ0) is 9.54. The molecule has 1 aliphatic carbocycles. The molecule has 0 unspecified atom stereocenters. The highest BCUT2D eigenvalue weighted by Gasteiger charge is 2.24. The summed E-state index contributed by atoms with van der Waals surface area (Å²) in [5.74, 6) is 0. The molecule has 3 heteroatoms. The van der Waals surface area contributed by atoms with E-state index in [0.717, 1.165) is 11.1 Å². The molecule has 1 aliphatic rings. The molecule has 0 amide bonds. The molecule has 1 fully saturated rings. The summed E-state index contributed by atoms with van der Waals surface area (Å²) < 4.78 is 2.23. The number of hydrogen-bond acceptors (Lipinski definition) is 2. The predicted molar refractivity (Wildman–Crippen MR) is 53.9 cm³/mol. The molecule has 14 heavy (non-hydrogen) atoms. The Morgan fingerprint density at radius 3 is 3.00 bits per heavy atom. The van der Waals surface area contributed by atoms with Crippen LogP contribution in [0.25, 0.3) is 11.0 Å². The highest BCUT2D eigenvalue weighted by Crippen LogP contribution is 2.37. The molecule has 0 bridgehead atoms. The zero-order valence-corrected chi connectivity index (χ0v) is 7.85. The third-order valence-corrected chi connectivity index (χ3v) is 2.76. The van der Waals surface area contributed by atoms with Crippen LogP contribution in [0.1, 0.15) is 24.4 Å². The number of aliphatic hydroxyl groups is 1. The van der Waals surface area contributed by atoms with Crippen molar-refractivity contribution in [1.29, 1.82) is 0 Å². The topological polar surface area (TPSA) is 38.1 Å². The van der Waals surface area contributed by atoms with Gasteiger partial charge >= 0.3 is 0 Å². The maximum Gasteiger partial charge on any atom is 0.0960 e. The molecule has 0 spiro atoms. The van der Waals surface area contributed by atoms with Gasteiger partial charge in [-0.25, -0.2) is 4.98 Å². The van der Waals surface area contributed by atoms with Gasteiger partial charge in [-0.3, -0.25) is 0 Å². The average Bonchev–Trinajstić information content (AvgIpc) is 2.98. The lowest BCUT2D eigenvalue weighted by molar-refractivity contribution is 0.282. The Hall–Kier alpha value is -1.35. The monoisotopic (exact) mass is 188 g/mol. The van der Waals surface area contributed by atoms with Crippen molar-refractivity contribution >= 4 is 11.0 Å². The van der Waals surface area contributed by atoms with Crippen LogP contribution in [0.5, 0.6) is 0 Å². The van der Waals surface area contributed by atoms with Crippen LogP contribution in [0.3, 0.4) is 0 Å². The molecule has 0 atom stereocenters. The third-order valence-electron chi connectivity index (χ3n) is 2.76. The molecule has 0 saturated heterocycles. The average molecular weight is 188 g/mol. The smallest absolute Gasteiger partial charge is 0.0960 e. The quantitative estimate of drug-likeness (QED) is 0.781. The Morgan fingerprint density at radius 2 is 2.29 bits per heavy atom. The second kappa shape index (κ2) is 2.82. The van der Waals surface area contributed by atoms with Gasteiger partial charge in [0.25, 0.3) is 0 Å². The Bertz CT molecular complexity index is 471. The highest BCUT2D eigenvalue weighted by atomic mass is 16.3. The lowest BCUT2D eigenvalue weighted by Crippen LogP contribution is -1.90. The fourth-order valence-corrected chi connectivity index (χ4v) is 1.82. The van der Waals surface area contributed by atoms with Crippen LogP contribution in [0, 0.1) is 0 Å². The molecule has 72 valence electrons. The molecular weight excluding hydrogens is 176 g/mol. The van der Waals surface area contributed by atoms with E-state index in [-0.39, 0.29) is 6.61 Å². The first-order valence-electron chi connectivity index (χ1n) is 4.95. The molecule has 3 nitrogen and oxygen atoms in total. The minimum Gasteiger partial charge on any atom is -0.392 e. The Kier molecular flexibility index (Phi) is 1.61. The summed E-state index contributed by atoms with van der Waals surface area (Å²) in [5, 5.41) is 8.99. The largest absolute Gasteiger partial charge is 0.392 e. The number of hydrogen-bond donors (Lipinski definition) is 1. The molecule has 0 aliphatic heterocycles. The van der Waals surface area contributed by atoms with Crippen molar-refractivity contribution in [2.45, 2.75) is 25.5 Å². The molecular formula is C11H12N2O. The van der Waals surface area contributed by atoms with E-state index in [1.54, 1.807) is 0 Å². The van der Waals surface area contributed by atoms with Gasteiger partial charge in [0.1, 0.15) is 0 Å². The first kappa shape index (κ1) is 8.00. The zero-order valence-electron chi connectivity index (χ0n) is 7.85. The van der Waals surface area contributed by atoms with Crippen LogP contribution in [-0.2, 0) is 6.61 Å².